The molecule has 0 unspecified atom stereocenters. The number of aromatic nitrogens is 2. The van der Waals surface area contributed by atoms with Gasteiger partial charge in [0.2, 0.25) is 11.7 Å². The van der Waals surface area contributed by atoms with Gasteiger partial charge in [0.25, 0.3) is 11.8 Å². The van der Waals surface area contributed by atoms with Crippen LogP contribution in [-0.2, 0) is 4.79 Å². The lowest BCUT2D eigenvalue weighted by Crippen LogP contribution is -2.61. The number of hydrogen-bond donors (Lipinski definition) is 2. The highest BCUT2D eigenvalue weighted by Crippen LogP contribution is 2.37. The molecular weight excluding hydrogens is 478 g/mol. The quantitative estimate of drug-likeness (QED) is 0.387. The van der Waals surface area contributed by atoms with Gasteiger partial charge in [0.05, 0.1) is 10.9 Å². The Labute approximate surface area is 210 Å². The van der Waals surface area contributed by atoms with Gasteiger partial charge in [-0.25, -0.2) is 0 Å². The molecule has 2 amide bonds. The van der Waals surface area contributed by atoms with Gasteiger partial charge < -0.3 is 19.6 Å². The third-order valence-corrected chi connectivity index (χ3v) is 7.83. The predicted molar refractivity (Wildman–Crippen MR) is 132 cm³/mol. The third kappa shape index (κ3) is 4.05. The molecule has 182 valence electrons. The SMILES string of the molecule is N#CC1(NC(=O)C2(NC(=O)c3cc4ccc(-c5noc(-c6cccs6)n5)cc4o3)CCCCC2)CC1. The number of rotatable bonds is 6. The maximum Gasteiger partial charge on any atom is 0.287 e. The summed E-state index contributed by atoms with van der Waals surface area (Å²) in [6, 6.07) is 13.1. The average molecular weight is 502 g/mol. The maximum atomic E-state index is 13.2. The van der Waals surface area contributed by atoms with Crippen LogP contribution in [0.3, 0.4) is 0 Å². The maximum absolute atomic E-state index is 13.2. The van der Waals surface area contributed by atoms with Crippen molar-refractivity contribution in [3.8, 4) is 28.2 Å². The topological polar surface area (TPSA) is 134 Å². The predicted octanol–water partition coefficient (Wildman–Crippen LogP) is 4.82. The first-order valence-corrected chi connectivity index (χ1v) is 12.9. The molecule has 6 rings (SSSR count). The van der Waals surface area contributed by atoms with Gasteiger partial charge in [-0.15, -0.1) is 11.3 Å². The lowest BCUT2D eigenvalue weighted by molar-refractivity contribution is -0.129. The van der Waals surface area contributed by atoms with Crippen molar-refractivity contribution in [2.24, 2.45) is 0 Å². The van der Waals surface area contributed by atoms with Crippen molar-refractivity contribution in [2.75, 3.05) is 0 Å². The second-order valence-corrected chi connectivity index (χ2v) is 10.5. The van der Waals surface area contributed by atoms with Crippen LogP contribution in [0, 0.1) is 11.3 Å². The number of carbonyl (C=O) groups is 2. The summed E-state index contributed by atoms with van der Waals surface area (Å²) in [6.07, 6.45) is 5.00. The van der Waals surface area contributed by atoms with Crippen molar-refractivity contribution in [3.05, 3.63) is 47.5 Å². The number of nitriles is 1. The van der Waals surface area contributed by atoms with E-state index in [9.17, 15) is 14.9 Å². The Kier molecular flexibility index (Phi) is 5.38. The van der Waals surface area contributed by atoms with Crippen LogP contribution in [-0.4, -0.2) is 33.0 Å². The van der Waals surface area contributed by atoms with E-state index in [1.165, 1.54) is 11.3 Å². The van der Waals surface area contributed by atoms with Crippen LogP contribution < -0.4 is 10.6 Å². The molecule has 3 heterocycles. The summed E-state index contributed by atoms with van der Waals surface area (Å²) in [7, 11) is 0. The van der Waals surface area contributed by atoms with E-state index in [4.69, 9.17) is 8.94 Å². The fraction of sp³-hybridized carbons (Fsp3) is 0.346. The Morgan fingerprint density at radius 3 is 2.61 bits per heavy atom. The molecule has 2 fully saturated rings. The number of nitrogens with zero attached hydrogens (tertiary/aromatic N) is 3. The molecule has 3 aromatic heterocycles. The Bertz CT molecular complexity index is 1490. The van der Waals surface area contributed by atoms with Gasteiger partial charge in [-0.3, -0.25) is 9.59 Å². The van der Waals surface area contributed by atoms with E-state index in [0.717, 1.165) is 29.5 Å². The molecule has 36 heavy (non-hydrogen) atoms. The van der Waals surface area contributed by atoms with Gasteiger partial charge in [0, 0.05) is 10.9 Å². The van der Waals surface area contributed by atoms with Gasteiger partial charge in [0.1, 0.15) is 16.7 Å². The highest BCUT2D eigenvalue weighted by molar-refractivity contribution is 7.13. The first-order chi connectivity index (χ1) is 17.5. The van der Waals surface area contributed by atoms with E-state index in [0.29, 0.717) is 48.5 Å². The summed E-state index contributed by atoms with van der Waals surface area (Å²) in [6.45, 7) is 0. The molecule has 0 radical (unpaired) electrons. The van der Waals surface area contributed by atoms with Gasteiger partial charge in [-0.05, 0) is 49.3 Å². The number of benzene rings is 1. The number of carbonyl (C=O) groups excluding carboxylic acids is 2. The Morgan fingerprint density at radius 2 is 1.89 bits per heavy atom. The van der Waals surface area contributed by atoms with Gasteiger partial charge in [-0.1, -0.05) is 42.6 Å². The molecule has 0 saturated heterocycles. The molecule has 2 aliphatic rings. The number of nitrogens with one attached hydrogen (secondary N) is 2. The van der Waals surface area contributed by atoms with Gasteiger partial charge in [0.15, 0.2) is 5.76 Å². The zero-order valence-corrected chi connectivity index (χ0v) is 20.2. The molecule has 2 saturated carbocycles. The lowest BCUT2D eigenvalue weighted by atomic mass is 9.80. The average Bonchev–Trinajstić information content (AvgIpc) is 3.32. The van der Waals surface area contributed by atoms with Gasteiger partial charge in [-0.2, -0.15) is 10.2 Å². The smallest absolute Gasteiger partial charge is 0.287 e. The Balaban J connectivity index is 1.24. The molecule has 9 nitrogen and oxygen atoms in total. The van der Waals surface area contributed by atoms with Crippen molar-refractivity contribution < 1.29 is 18.5 Å². The van der Waals surface area contributed by atoms with Crippen molar-refractivity contribution in [1.82, 2.24) is 20.8 Å². The molecule has 0 aliphatic heterocycles. The molecule has 0 atom stereocenters. The molecule has 2 aliphatic carbocycles. The van der Waals surface area contributed by atoms with Crippen LogP contribution in [0.25, 0.3) is 33.1 Å². The molecule has 10 heteroatoms. The van der Waals surface area contributed by atoms with E-state index in [2.05, 4.69) is 26.8 Å². The summed E-state index contributed by atoms with van der Waals surface area (Å²) >= 11 is 1.51. The minimum atomic E-state index is -1.05. The minimum Gasteiger partial charge on any atom is -0.451 e. The van der Waals surface area contributed by atoms with E-state index < -0.39 is 17.0 Å². The van der Waals surface area contributed by atoms with Crippen LogP contribution in [0.15, 0.2) is 50.7 Å². The summed E-state index contributed by atoms with van der Waals surface area (Å²) in [4.78, 5) is 31.8. The number of thiophene rings is 1. The Morgan fingerprint density at radius 1 is 1.06 bits per heavy atom. The number of hydrogen-bond acceptors (Lipinski definition) is 8. The standard InChI is InChI=1S/C26H23N5O4S/c27-15-25(10-11-25)30-24(33)26(8-2-1-3-9-26)29-22(32)19-13-16-6-7-17(14-18(16)34-19)21-28-23(35-31-21)20-5-4-12-36-20/h4-7,12-14H,1-3,8-11H2,(H,29,32)(H,30,33). The monoisotopic (exact) mass is 501 g/mol. The van der Waals surface area contributed by atoms with Crippen molar-refractivity contribution in [2.45, 2.75) is 56.0 Å². The molecule has 1 aromatic carbocycles. The molecule has 4 aromatic rings. The van der Waals surface area contributed by atoms with Crippen LogP contribution in [0.4, 0.5) is 0 Å². The molecular formula is C26H23N5O4S. The summed E-state index contributed by atoms with van der Waals surface area (Å²) in [5.41, 5.74) is -0.636. The minimum absolute atomic E-state index is 0.119. The summed E-state index contributed by atoms with van der Waals surface area (Å²) in [5.74, 6) is 0.249. The summed E-state index contributed by atoms with van der Waals surface area (Å²) in [5, 5.41) is 22.0. The van der Waals surface area contributed by atoms with Crippen molar-refractivity contribution >= 4 is 34.1 Å². The Hall–Kier alpha value is -3.97. The summed E-state index contributed by atoms with van der Waals surface area (Å²) < 4.78 is 11.3. The number of fused-ring (bicyclic) bond motifs is 1. The van der Waals surface area contributed by atoms with Crippen molar-refractivity contribution in [3.63, 3.8) is 0 Å². The molecule has 2 N–H and O–H groups in total. The van der Waals surface area contributed by atoms with E-state index in [-0.39, 0.29) is 11.7 Å². The van der Waals surface area contributed by atoms with E-state index in [1.807, 2.05) is 29.6 Å². The number of furan rings is 1. The first-order valence-electron chi connectivity index (χ1n) is 12.0. The fourth-order valence-corrected chi connectivity index (χ4v) is 5.34. The van der Waals surface area contributed by atoms with Gasteiger partial charge >= 0.3 is 0 Å². The zero-order valence-electron chi connectivity index (χ0n) is 19.4. The highest BCUT2D eigenvalue weighted by atomic mass is 32.1. The van der Waals surface area contributed by atoms with Crippen LogP contribution in [0.5, 0.6) is 0 Å². The van der Waals surface area contributed by atoms with Crippen molar-refractivity contribution in [1.29, 1.82) is 5.26 Å². The molecule has 0 spiro atoms. The fourth-order valence-electron chi connectivity index (χ4n) is 4.69. The van der Waals surface area contributed by atoms with E-state index >= 15 is 0 Å². The first kappa shape index (κ1) is 22.5. The zero-order chi connectivity index (χ0) is 24.8. The normalized spacial score (nSPS) is 17.9. The number of amides is 2. The second-order valence-electron chi connectivity index (χ2n) is 9.51. The van der Waals surface area contributed by atoms with Crippen LogP contribution in [0.1, 0.15) is 55.5 Å². The largest absolute Gasteiger partial charge is 0.451 e. The van der Waals surface area contributed by atoms with Crippen LogP contribution in [0.2, 0.25) is 0 Å². The van der Waals surface area contributed by atoms with Crippen LogP contribution >= 0.6 is 11.3 Å². The lowest BCUT2D eigenvalue weighted by Gasteiger charge is -2.37. The van der Waals surface area contributed by atoms with E-state index in [1.54, 1.807) is 12.1 Å². The highest BCUT2D eigenvalue weighted by Gasteiger charge is 2.50. The third-order valence-electron chi connectivity index (χ3n) is 6.97. The second kappa shape index (κ2) is 8.60. The molecule has 0 bridgehead atoms.